The van der Waals surface area contributed by atoms with Crippen molar-refractivity contribution in [2.75, 3.05) is 20.3 Å². The van der Waals surface area contributed by atoms with Crippen LogP contribution in [0.4, 0.5) is 0 Å². The molecule has 0 amide bonds. The lowest BCUT2D eigenvalue weighted by molar-refractivity contribution is 0.0600. The number of rotatable bonds is 8. The molecule has 0 aliphatic carbocycles. The largest absolute Gasteiger partial charge is 0.490 e. The molecule has 29 heavy (non-hydrogen) atoms. The molecule has 0 aromatic heterocycles. The van der Waals surface area contributed by atoms with Crippen molar-refractivity contribution in [1.82, 2.24) is 0 Å². The fourth-order valence-corrected chi connectivity index (χ4v) is 2.91. The fraction of sp³-hybridized carbons (Fsp3) is 0.304. The van der Waals surface area contributed by atoms with Gasteiger partial charge in [-0.2, -0.15) is 0 Å². The maximum atomic E-state index is 12.7. The third-order valence-corrected chi connectivity index (χ3v) is 4.41. The number of methoxy groups -OCH3 is 1. The number of ether oxygens (including phenoxy) is 4. The van der Waals surface area contributed by atoms with Gasteiger partial charge in [-0.1, -0.05) is 19.4 Å². The molecular formula is C23H24O6. The summed E-state index contributed by atoms with van der Waals surface area (Å²) in [5, 5.41) is 0. The van der Waals surface area contributed by atoms with Crippen molar-refractivity contribution in [1.29, 1.82) is 0 Å². The van der Waals surface area contributed by atoms with E-state index in [-0.39, 0.29) is 11.5 Å². The second-order valence-corrected chi connectivity index (χ2v) is 6.48. The molecule has 0 bridgehead atoms. The lowest BCUT2D eigenvalue weighted by atomic mass is 10.1. The number of unbranched alkanes of at least 4 members (excludes halogenated alkanes) is 1. The molecule has 0 radical (unpaired) electrons. The zero-order valence-electron chi connectivity index (χ0n) is 16.8. The minimum atomic E-state index is -0.502. The number of hydrogen-bond acceptors (Lipinski definition) is 6. The number of fused-ring (bicyclic) bond motifs is 1. The van der Waals surface area contributed by atoms with E-state index in [4.69, 9.17) is 18.9 Å². The predicted molar refractivity (Wildman–Crippen MR) is 109 cm³/mol. The fourth-order valence-electron chi connectivity index (χ4n) is 2.91. The second-order valence-electron chi connectivity index (χ2n) is 6.48. The summed E-state index contributed by atoms with van der Waals surface area (Å²) in [6, 6.07) is 10.1. The Bertz CT molecular complexity index is 944. The molecule has 152 valence electrons. The van der Waals surface area contributed by atoms with Crippen molar-refractivity contribution in [2.24, 2.45) is 0 Å². The summed E-state index contributed by atoms with van der Waals surface area (Å²) in [4.78, 5) is 24.4. The highest BCUT2D eigenvalue weighted by atomic mass is 16.5. The smallest absolute Gasteiger partial charge is 0.337 e. The lowest BCUT2D eigenvalue weighted by Gasteiger charge is -2.12. The van der Waals surface area contributed by atoms with Crippen molar-refractivity contribution in [3.63, 3.8) is 0 Å². The molecule has 0 N–H and O–H groups in total. The standard InChI is InChI=1S/C23H24O6/c1-4-6-11-28-19-9-7-15(12-20(19)27-5-2)13-21-22(24)17-14-16(23(25)26-3)8-10-18(17)29-21/h7-10,12-14H,4-6,11H2,1-3H3/b21-13+. The number of benzene rings is 2. The van der Waals surface area contributed by atoms with Crippen LogP contribution in [-0.2, 0) is 4.74 Å². The lowest BCUT2D eigenvalue weighted by Crippen LogP contribution is -2.03. The molecule has 0 atom stereocenters. The van der Waals surface area contributed by atoms with Crippen molar-refractivity contribution in [3.8, 4) is 17.2 Å². The van der Waals surface area contributed by atoms with Gasteiger partial charge in [-0.25, -0.2) is 4.79 Å². The Labute approximate surface area is 170 Å². The summed E-state index contributed by atoms with van der Waals surface area (Å²) in [5.41, 5.74) is 1.39. The summed E-state index contributed by atoms with van der Waals surface area (Å²) >= 11 is 0. The Hall–Kier alpha value is -3.28. The number of allylic oxidation sites excluding steroid dienone is 1. The Morgan fingerprint density at radius 2 is 1.90 bits per heavy atom. The van der Waals surface area contributed by atoms with Gasteiger partial charge in [-0.15, -0.1) is 0 Å². The maximum absolute atomic E-state index is 12.7. The van der Waals surface area contributed by atoms with E-state index in [1.807, 2.05) is 25.1 Å². The molecule has 1 aliphatic heterocycles. The highest BCUT2D eigenvalue weighted by Crippen LogP contribution is 2.34. The van der Waals surface area contributed by atoms with E-state index in [2.05, 4.69) is 6.92 Å². The van der Waals surface area contributed by atoms with Crippen LogP contribution in [0.5, 0.6) is 17.2 Å². The monoisotopic (exact) mass is 396 g/mol. The van der Waals surface area contributed by atoms with Gasteiger partial charge in [-0.05, 0) is 55.3 Å². The number of Topliss-reactive ketones (excluding diaryl/α,β-unsaturated/α-hetero) is 1. The van der Waals surface area contributed by atoms with Gasteiger partial charge < -0.3 is 18.9 Å². The van der Waals surface area contributed by atoms with Crippen molar-refractivity contribution in [3.05, 3.63) is 58.8 Å². The zero-order valence-corrected chi connectivity index (χ0v) is 16.8. The van der Waals surface area contributed by atoms with Gasteiger partial charge in [0.2, 0.25) is 5.78 Å². The number of carbonyl (C=O) groups is 2. The van der Waals surface area contributed by atoms with Gasteiger partial charge >= 0.3 is 5.97 Å². The Balaban J connectivity index is 1.85. The Morgan fingerprint density at radius 3 is 2.62 bits per heavy atom. The van der Waals surface area contributed by atoms with Crippen molar-refractivity contribution in [2.45, 2.75) is 26.7 Å². The van der Waals surface area contributed by atoms with Crippen LogP contribution in [0.15, 0.2) is 42.2 Å². The van der Waals surface area contributed by atoms with E-state index in [0.29, 0.717) is 41.6 Å². The summed E-state index contributed by atoms with van der Waals surface area (Å²) in [6.07, 6.45) is 3.66. The first-order valence-electron chi connectivity index (χ1n) is 9.63. The SMILES string of the molecule is CCCCOc1ccc(/C=C2/Oc3ccc(C(=O)OC)cc3C2=O)cc1OCC. The van der Waals surface area contributed by atoms with Crippen LogP contribution in [-0.4, -0.2) is 32.1 Å². The van der Waals surface area contributed by atoms with Gasteiger partial charge in [0.1, 0.15) is 5.75 Å². The molecule has 2 aromatic carbocycles. The second kappa shape index (κ2) is 9.28. The van der Waals surface area contributed by atoms with Crippen LogP contribution in [0.3, 0.4) is 0 Å². The summed E-state index contributed by atoms with van der Waals surface area (Å²) < 4.78 is 21.9. The number of carbonyl (C=O) groups excluding carboxylic acids is 2. The van der Waals surface area contributed by atoms with E-state index >= 15 is 0 Å². The quantitative estimate of drug-likeness (QED) is 0.367. The molecule has 6 heteroatoms. The van der Waals surface area contributed by atoms with Gasteiger partial charge in [0.05, 0.1) is 31.5 Å². The Kier molecular flexibility index (Phi) is 6.54. The first kappa shape index (κ1) is 20.5. The molecule has 0 saturated carbocycles. The van der Waals surface area contributed by atoms with Crippen LogP contribution < -0.4 is 14.2 Å². The third-order valence-electron chi connectivity index (χ3n) is 4.41. The van der Waals surface area contributed by atoms with Crippen molar-refractivity contribution < 1.29 is 28.5 Å². The minimum Gasteiger partial charge on any atom is -0.490 e. The van der Waals surface area contributed by atoms with Crippen LogP contribution >= 0.6 is 0 Å². The summed E-state index contributed by atoms with van der Waals surface area (Å²) in [5.74, 6) is 1.11. The average molecular weight is 396 g/mol. The topological polar surface area (TPSA) is 71.1 Å². The molecule has 3 rings (SSSR count). The predicted octanol–water partition coefficient (Wildman–Crippen LogP) is 4.67. The normalized spacial score (nSPS) is 13.8. The van der Waals surface area contributed by atoms with E-state index in [1.54, 1.807) is 18.2 Å². The summed E-state index contributed by atoms with van der Waals surface area (Å²) in [6.45, 7) is 5.13. The third kappa shape index (κ3) is 4.59. The molecule has 1 heterocycles. The Morgan fingerprint density at radius 1 is 1.07 bits per heavy atom. The molecule has 0 spiro atoms. The van der Waals surface area contributed by atoms with Gasteiger partial charge in [0.15, 0.2) is 17.3 Å². The molecular weight excluding hydrogens is 372 g/mol. The van der Waals surface area contributed by atoms with E-state index in [1.165, 1.54) is 13.2 Å². The van der Waals surface area contributed by atoms with Crippen molar-refractivity contribution >= 4 is 17.8 Å². The first-order valence-corrected chi connectivity index (χ1v) is 9.63. The van der Waals surface area contributed by atoms with Crippen LogP contribution in [0.1, 0.15) is 53.0 Å². The number of hydrogen-bond donors (Lipinski definition) is 0. The van der Waals surface area contributed by atoms with E-state index < -0.39 is 5.97 Å². The average Bonchev–Trinajstić information content (AvgIpc) is 3.04. The number of esters is 1. The van der Waals surface area contributed by atoms with Gasteiger partial charge in [0.25, 0.3) is 0 Å². The first-order chi connectivity index (χ1) is 14.1. The molecule has 6 nitrogen and oxygen atoms in total. The molecule has 1 aliphatic rings. The summed E-state index contributed by atoms with van der Waals surface area (Å²) in [7, 11) is 1.30. The van der Waals surface area contributed by atoms with Gasteiger partial charge in [0, 0.05) is 0 Å². The zero-order chi connectivity index (χ0) is 20.8. The molecule has 2 aromatic rings. The van der Waals surface area contributed by atoms with E-state index in [0.717, 1.165) is 18.4 Å². The highest BCUT2D eigenvalue weighted by molar-refractivity contribution is 6.15. The minimum absolute atomic E-state index is 0.184. The highest BCUT2D eigenvalue weighted by Gasteiger charge is 2.28. The van der Waals surface area contributed by atoms with Crippen LogP contribution in [0.2, 0.25) is 0 Å². The van der Waals surface area contributed by atoms with Crippen LogP contribution in [0, 0.1) is 0 Å². The molecule has 0 saturated heterocycles. The molecule has 0 unspecified atom stereocenters. The van der Waals surface area contributed by atoms with Gasteiger partial charge in [-0.3, -0.25) is 4.79 Å². The van der Waals surface area contributed by atoms with E-state index in [9.17, 15) is 9.59 Å². The number of ketones is 1. The molecule has 0 fully saturated rings. The maximum Gasteiger partial charge on any atom is 0.337 e. The van der Waals surface area contributed by atoms with Crippen LogP contribution in [0.25, 0.3) is 6.08 Å².